The highest BCUT2D eigenvalue weighted by molar-refractivity contribution is 5.97. The topological polar surface area (TPSA) is 68.3 Å². The summed E-state index contributed by atoms with van der Waals surface area (Å²) in [6.07, 6.45) is 1.22. The van der Waals surface area contributed by atoms with Crippen LogP contribution in [0, 0.1) is 0 Å². The highest BCUT2D eigenvalue weighted by atomic mass is 16.6. The van der Waals surface area contributed by atoms with Crippen molar-refractivity contribution in [3.8, 4) is 11.5 Å². The average Bonchev–Trinajstić information content (AvgIpc) is 2.58. The van der Waals surface area contributed by atoms with Crippen LogP contribution in [-0.2, 0) is 9.53 Å². The normalized spacial score (nSPS) is 18.2. The predicted molar refractivity (Wildman–Crippen MR) is 96.8 cm³/mol. The molecule has 0 aliphatic carbocycles. The number of anilines is 1. The van der Waals surface area contributed by atoms with Gasteiger partial charge in [-0.3, -0.25) is 4.79 Å². The number of fused-ring (bicyclic) bond motifs is 1. The molecule has 26 heavy (non-hydrogen) atoms. The van der Waals surface area contributed by atoms with E-state index in [9.17, 15) is 9.59 Å². The highest BCUT2D eigenvalue weighted by Gasteiger charge is 2.28. The third-order valence-corrected chi connectivity index (χ3v) is 4.41. The van der Waals surface area contributed by atoms with Crippen molar-refractivity contribution in [2.24, 2.45) is 0 Å². The Balaban J connectivity index is 1.57. The van der Waals surface area contributed by atoms with Crippen LogP contribution in [0.5, 0.6) is 11.5 Å². The minimum atomic E-state index is -0.487. The Labute approximate surface area is 153 Å². The quantitative estimate of drug-likeness (QED) is 0.809. The Morgan fingerprint density at radius 2 is 1.92 bits per heavy atom. The Hall–Kier alpha value is -2.44. The van der Waals surface area contributed by atoms with Crippen molar-refractivity contribution < 1.29 is 23.8 Å². The zero-order valence-corrected chi connectivity index (χ0v) is 15.8. The van der Waals surface area contributed by atoms with Crippen molar-refractivity contribution in [1.29, 1.82) is 0 Å². The van der Waals surface area contributed by atoms with Gasteiger partial charge in [0.15, 0.2) is 6.61 Å². The number of carbonyl (C=O) groups is 2. The van der Waals surface area contributed by atoms with Crippen LogP contribution in [-0.4, -0.2) is 55.3 Å². The Bertz CT molecular complexity index is 690. The van der Waals surface area contributed by atoms with Crippen molar-refractivity contribution in [3.63, 3.8) is 0 Å². The van der Waals surface area contributed by atoms with Crippen molar-refractivity contribution in [1.82, 2.24) is 4.90 Å². The first-order valence-electron chi connectivity index (χ1n) is 8.91. The molecule has 1 aromatic rings. The fourth-order valence-electron chi connectivity index (χ4n) is 3.00. The molecule has 0 bridgehead atoms. The van der Waals surface area contributed by atoms with Crippen LogP contribution in [0.25, 0.3) is 0 Å². The molecule has 2 heterocycles. The Kier molecular flexibility index (Phi) is 4.98. The zero-order valence-electron chi connectivity index (χ0n) is 15.8. The minimum Gasteiger partial charge on any atom is -0.490 e. The molecule has 2 amide bonds. The van der Waals surface area contributed by atoms with Crippen LogP contribution in [0.15, 0.2) is 18.2 Å². The summed E-state index contributed by atoms with van der Waals surface area (Å²) in [6.45, 7) is 6.86. The van der Waals surface area contributed by atoms with Gasteiger partial charge in [0.2, 0.25) is 0 Å². The fraction of sp³-hybridized carbons (Fsp3) is 0.579. The van der Waals surface area contributed by atoms with Gasteiger partial charge in [-0.2, -0.15) is 0 Å². The molecule has 1 saturated heterocycles. The van der Waals surface area contributed by atoms with E-state index in [0.29, 0.717) is 30.3 Å². The summed E-state index contributed by atoms with van der Waals surface area (Å²) in [4.78, 5) is 27.2. The van der Waals surface area contributed by atoms with Crippen LogP contribution < -0.4 is 14.4 Å². The number of hydrogen-bond donors (Lipinski definition) is 0. The van der Waals surface area contributed by atoms with Gasteiger partial charge < -0.3 is 24.0 Å². The number of likely N-dealkylation sites (tertiary alicyclic amines) is 1. The molecule has 7 nitrogen and oxygen atoms in total. The van der Waals surface area contributed by atoms with E-state index in [2.05, 4.69) is 0 Å². The van der Waals surface area contributed by atoms with Crippen LogP contribution in [0.3, 0.4) is 0 Å². The molecule has 2 aliphatic rings. The molecular weight excluding hydrogens is 336 g/mol. The number of piperidine rings is 1. The van der Waals surface area contributed by atoms with E-state index in [1.807, 2.05) is 39.0 Å². The van der Waals surface area contributed by atoms with E-state index in [4.69, 9.17) is 14.2 Å². The molecule has 0 aromatic heterocycles. The molecule has 2 aliphatic heterocycles. The van der Waals surface area contributed by atoms with Crippen LogP contribution in [0.1, 0.15) is 33.6 Å². The molecule has 0 saturated carbocycles. The highest BCUT2D eigenvalue weighted by Crippen LogP contribution is 2.35. The van der Waals surface area contributed by atoms with Crippen LogP contribution in [0.4, 0.5) is 10.5 Å². The first-order chi connectivity index (χ1) is 12.2. The van der Waals surface area contributed by atoms with Gasteiger partial charge in [-0.25, -0.2) is 4.79 Å². The number of hydrogen-bond acceptors (Lipinski definition) is 5. The summed E-state index contributed by atoms with van der Waals surface area (Å²) >= 11 is 0. The molecule has 7 heteroatoms. The maximum Gasteiger partial charge on any atom is 0.410 e. The first kappa shape index (κ1) is 18.4. The standard InChI is InChI=1S/C19H26N2O5/c1-19(2,3)26-18(23)21-9-7-13(8-10-21)25-14-5-6-16-15(11-14)20(4)17(22)12-24-16/h5-6,11,13H,7-10,12H2,1-4H3. The summed E-state index contributed by atoms with van der Waals surface area (Å²) in [5.74, 6) is 1.30. The van der Waals surface area contributed by atoms with E-state index in [1.165, 1.54) is 0 Å². The number of nitrogens with zero attached hydrogens (tertiary/aromatic N) is 2. The fourth-order valence-corrected chi connectivity index (χ4v) is 3.00. The lowest BCUT2D eigenvalue weighted by molar-refractivity contribution is -0.120. The average molecular weight is 362 g/mol. The third-order valence-electron chi connectivity index (χ3n) is 4.41. The molecule has 0 atom stereocenters. The molecule has 0 spiro atoms. The molecule has 0 radical (unpaired) electrons. The van der Waals surface area contributed by atoms with Crippen LogP contribution >= 0.6 is 0 Å². The molecule has 0 unspecified atom stereocenters. The Morgan fingerprint density at radius 1 is 1.23 bits per heavy atom. The first-order valence-corrected chi connectivity index (χ1v) is 8.91. The monoisotopic (exact) mass is 362 g/mol. The van der Waals surface area contributed by atoms with E-state index in [1.54, 1.807) is 16.8 Å². The lowest BCUT2D eigenvalue weighted by atomic mass is 10.1. The Morgan fingerprint density at radius 3 is 2.58 bits per heavy atom. The van der Waals surface area contributed by atoms with Crippen molar-refractivity contribution in [2.45, 2.75) is 45.3 Å². The van der Waals surface area contributed by atoms with Gasteiger partial charge in [-0.1, -0.05) is 0 Å². The van der Waals surface area contributed by atoms with E-state index < -0.39 is 5.60 Å². The number of rotatable bonds is 2. The second-order valence-electron chi connectivity index (χ2n) is 7.66. The van der Waals surface area contributed by atoms with Crippen LogP contribution in [0.2, 0.25) is 0 Å². The predicted octanol–water partition coefficient (Wildman–Crippen LogP) is 2.82. The van der Waals surface area contributed by atoms with Gasteiger partial charge in [-0.05, 0) is 32.9 Å². The number of benzene rings is 1. The van der Waals surface area contributed by atoms with Crippen molar-refractivity contribution >= 4 is 17.7 Å². The second-order valence-corrected chi connectivity index (χ2v) is 7.66. The van der Waals surface area contributed by atoms with Gasteiger partial charge in [0.25, 0.3) is 5.91 Å². The molecule has 1 aromatic carbocycles. The maximum absolute atomic E-state index is 12.1. The molecular formula is C19H26N2O5. The summed E-state index contributed by atoms with van der Waals surface area (Å²) in [6, 6.07) is 5.50. The second kappa shape index (κ2) is 7.05. The minimum absolute atomic E-state index is 0.0252. The lowest BCUT2D eigenvalue weighted by Crippen LogP contribution is -2.44. The third kappa shape index (κ3) is 4.20. The van der Waals surface area contributed by atoms with E-state index in [0.717, 1.165) is 12.8 Å². The summed E-state index contributed by atoms with van der Waals surface area (Å²) in [5.41, 5.74) is 0.226. The molecule has 3 rings (SSSR count). The number of amides is 2. The molecule has 142 valence electrons. The van der Waals surface area contributed by atoms with Gasteiger partial charge >= 0.3 is 6.09 Å². The van der Waals surface area contributed by atoms with Crippen molar-refractivity contribution in [3.05, 3.63) is 18.2 Å². The summed E-state index contributed by atoms with van der Waals surface area (Å²) in [7, 11) is 1.73. The number of carbonyl (C=O) groups excluding carboxylic acids is 2. The van der Waals surface area contributed by atoms with Gasteiger partial charge in [0, 0.05) is 39.0 Å². The van der Waals surface area contributed by atoms with Gasteiger partial charge in [-0.15, -0.1) is 0 Å². The SMILES string of the molecule is CN1C(=O)COc2ccc(OC3CCN(C(=O)OC(C)(C)C)CC3)cc21. The number of ether oxygens (including phenoxy) is 3. The van der Waals surface area contributed by atoms with Gasteiger partial charge in [0.05, 0.1) is 5.69 Å². The van der Waals surface area contributed by atoms with E-state index >= 15 is 0 Å². The maximum atomic E-state index is 12.1. The molecule has 0 N–H and O–H groups in total. The van der Waals surface area contributed by atoms with Gasteiger partial charge in [0.1, 0.15) is 23.2 Å². The largest absolute Gasteiger partial charge is 0.490 e. The zero-order chi connectivity index (χ0) is 18.9. The number of likely N-dealkylation sites (N-methyl/N-ethyl adjacent to an activating group) is 1. The summed E-state index contributed by atoms with van der Waals surface area (Å²) < 4.78 is 16.9. The lowest BCUT2D eigenvalue weighted by Gasteiger charge is -2.33. The van der Waals surface area contributed by atoms with Crippen molar-refractivity contribution in [2.75, 3.05) is 31.6 Å². The molecule has 1 fully saturated rings. The summed E-state index contributed by atoms with van der Waals surface area (Å²) in [5, 5.41) is 0. The smallest absolute Gasteiger partial charge is 0.410 e. The van der Waals surface area contributed by atoms with E-state index in [-0.39, 0.29) is 24.7 Å².